The number of benzene rings is 2. The number of para-hydroxylation sites is 1. The second kappa shape index (κ2) is 8.32. The summed E-state index contributed by atoms with van der Waals surface area (Å²) < 4.78 is 43.9. The summed E-state index contributed by atoms with van der Waals surface area (Å²) in [5.74, 6) is -2.28. The molecule has 2 N–H and O–H groups in total. The van der Waals surface area contributed by atoms with Gasteiger partial charge in [-0.1, -0.05) is 6.07 Å². The van der Waals surface area contributed by atoms with Gasteiger partial charge in [0.1, 0.15) is 23.1 Å². The lowest BCUT2D eigenvalue weighted by atomic mass is 10.0. The highest BCUT2D eigenvalue weighted by Gasteiger charge is 2.21. The Labute approximate surface area is 187 Å². The molecule has 0 aliphatic rings. The second-order valence-electron chi connectivity index (χ2n) is 8.34. The van der Waals surface area contributed by atoms with Gasteiger partial charge in [-0.15, -0.1) is 0 Å². The molecule has 33 heavy (non-hydrogen) atoms. The number of anilines is 1. The standard InChI is InChI=1S/C24H21F3N4O2/c1-13-11-14(25)7-8-15(13)20-16-9-10-19(32)31(21-17(26)5-4-6-18(21)27)22(16)30-23(29-20)28-12-24(2,3)33/h4-11,33H,12H2,1-3H3,(H,28,29,30). The second-order valence-corrected chi connectivity index (χ2v) is 8.34. The summed E-state index contributed by atoms with van der Waals surface area (Å²) in [5.41, 5.74) is -0.965. The number of pyridine rings is 1. The van der Waals surface area contributed by atoms with Crippen LogP contribution < -0.4 is 10.9 Å². The largest absolute Gasteiger partial charge is 0.389 e. The number of rotatable bonds is 5. The molecule has 9 heteroatoms. The number of fused-ring (bicyclic) bond motifs is 1. The highest BCUT2D eigenvalue weighted by Crippen LogP contribution is 2.31. The molecule has 0 radical (unpaired) electrons. The van der Waals surface area contributed by atoms with Gasteiger partial charge in [0.05, 0.1) is 11.3 Å². The van der Waals surface area contributed by atoms with Gasteiger partial charge in [0, 0.05) is 23.6 Å². The molecule has 2 aromatic heterocycles. The minimum Gasteiger partial charge on any atom is -0.389 e. The number of aryl methyl sites for hydroxylation is 1. The molecule has 0 bridgehead atoms. The van der Waals surface area contributed by atoms with E-state index in [0.717, 1.165) is 16.7 Å². The van der Waals surface area contributed by atoms with Crippen LogP contribution in [0.15, 0.2) is 53.3 Å². The Morgan fingerprint density at radius 2 is 1.73 bits per heavy atom. The highest BCUT2D eigenvalue weighted by atomic mass is 19.1. The lowest BCUT2D eigenvalue weighted by molar-refractivity contribution is 0.0943. The van der Waals surface area contributed by atoms with E-state index in [4.69, 9.17) is 0 Å². The number of nitrogens with zero attached hydrogens (tertiary/aromatic N) is 3. The number of aromatic nitrogens is 3. The Kier molecular flexibility index (Phi) is 5.67. The van der Waals surface area contributed by atoms with E-state index in [9.17, 15) is 23.1 Å². The van der Waals surface area contributed by atoms with Crippen LogP contribution in [0.25, 0.3) is 28.0 Å². The fourth-order valence-corrected chi connectivity index (χ4v) is 3.51. The summed E-state index contributed by atoms with van der Waals surface area (Å²) in [6.07, 6.45) is 0. The van der Waals surface area contributed by atoms with Crippen LogP contribution in [0.5, 0.6) is 0 Å². The fourth-order valence-electron chi connectivity index (χ4n) is 3.51. The van der Waals surface area contributed by atoms with Crippen molar-refractivity contribution in [3.8, 4) is 16.9 Å². The predicted octanol–water partition coefficient (Wildman–Crippen LogP) is 4.36. The number of nitrogens with one attached hydrogen (secondary N) is 1. The lowest BCUT2D eigenvalue weighted by Crippen LogP contribution is -2.30. The molecule has 4 rings (SSSR count). The van der Waals surface area contributed by atoms with Gasteiger partial charge in [0.2, 0.25) is 5.95 Å². The van der Waals surface area contributed by atoms with Crippen molar-refractivity contribution in [2.24, 2.45) is 0 Å². The van der Waals surface area contributed by atoms with E-state index in [1.54, 1.807) is 20.8 Å². The van der Waals surface area contributed by atoms with E-state index in [1.165, 1.54) is 36.4 Å². The quantitative estimate of drug-likeness (QED) is 0.469. The topological polar surface area (TPSA) is 80.0 Å². The Hall–Kier alpha value is -3.72. The van der Waals surface area contributed by atoms with Gasteiger partial charge in [-0.05, 0) is 62.7 Å². The van der Waals surface area contributed by atoms with Gasteiger partial charge in [-0.3, -0.25) is 9.36 Å². The van der Waals surface area contributed by atoms with Gasteiger partial charge in [-0.2, -0.15) is 4.98 Å². The molecule has 2 heterocycles. The molecule has 4 aromatic rings. The van der Waals surface area contributed by atoms with Crippen molar-refractivity contribution in [1.82, 2.24) is 14.5 Å². The fraction of sp³-hybridized carbons (Fsp3) is 0.208. The van der Waals surface area contributed by atoms with Crippen molar-refractivity contribution in [3.05, 3.63) is 81.9 Å². The molecule has 0 saturated heterocycles. The van der Waals surface area contributed by atoms with Crippen LogP contribution in [0.1, 0.15) is 19.4 Å². The molecule has 170 valence electrons. The van der Waals surface area contributed by atoms with Gasteiger partial charge in [0.25, 0.3) is 5.56 Å². The first kappa shape index (κ1) is 22.5. The average Bonchev–Trinajstić information content (AvgIpc) is 2.72. The maximum absolute atomic E-state index is 14.6. The van der Waals surface area contributed by atoms with E-state index in [0.29, 0.717) is 22.2 Å². The first-order chi connectivity index (χ1) is 15.5. The number of hydrogen-bond acceptors (Lipinski definition) is 5. The monoisotopic (exact) mass is 454 g/mol. The SMILES string of the molecule is Cc1cc(F)ccc1-c1nc(NCC(C)(C)O)nc2c1ccc(=O)n2-c1c(F)cccc1F. The summed E-state index contributed by atoms with van der Waals surface area (Å²) in [7, 11) is 0. The lowest BCUT2D eigenvalue weighted by Gasteiger charge is -2.19. The number of hydrogen-bond donors (Lipinski definition) is 2. The summed E-state index contributed by atoms with van der Waals surface area (Å²) in [5, 5.41) is 13.3. The molecule has 6 nitrogen and oxygen atoms in total. The third-order valence-corrected chi connectivity index (χ3v) is 5.03. The first-order valence-electron chi connectivity index (χ1n) is 10.2. The first-order valence-corrected chi connectivity index (χ1v) is 10.2. The molecular formula is C24H21F3N4O2. The van der Waals surface area contributed by atoms with Gasteiger partial charge in [-0.25, -0.2) is 18.2 Å². The van der Waals surface area contributed by atoms with Crippen molar-refractivity contribution >= 4 is 17.0 Å². The van der Waals surface area contributed by atoms with E-state index < -0.39 is 34.3 Å². The summed E-state index contributed by atoms with van der Waals surface area (Å²) in [4.78, 5) is 21.7. The zero-order valence-electron chi connectivity index (χ0n) is 18.2. The molecule has 0 aliphatic carbocycles. The van der Waals surface area contributed by atoms with Crippen molar-refractivity contribution in [2.45, 2.75) is 26.4 Å². The van der Waals surface area contributed by atoms with Crippen molar-refractivity contribution in [2.75, 3.05) is 11.9 Å². The maximum Gasteiger partial charge on any atom is 0.256 e. The van der Waals surface area contributed by atoms with Gasteiger partial charge >= 0.3 is 0 Å². The van der Waals surface area contributed by atoms with Crippen molar-refractivity contribution < 1.29 is 18.3 Å². The van der Waals surface area contributed by atoms with Gasteiger partial charge in [0.15, 0.2) is 5.65 Å². The smallest absolute Gasteiger partial charge is 0.256 e. The van der Waals surface area contributed by atoms with Crippen LogP contribution in [-0.4, -0.2) is 31.8 Å². The minimum absolute atomic E-state index is 0.0273. The van der Waals surface area contributed by atoms with E-state index in [-0.39, 0.29) is 18.1 Å². The average molecular weight is 454 g/mol. The van der Waals surface area contributed by atoms with E-state index in [1.807, 2.05) is 0 Å². The molecule has 0 spiro atoms. The highest BCUT2D eigenvalue weighted by molar-refractivity contribution is 5.93. The zero-order valence-corrected chi connectivity index (χ0v) is 18.2. The van der Waals surface area contributed by atoms with Crippen molar-refractivity contribution in [1.29, 1.82) is 0 Å². The van der Waals surface area contributed by atoms with E-state index in [2.05, 4.69) is 15.3 Å². The van der Waals surface area contributed by atoms with Crippen LogP contribution in [-0.2, 0) is 0 Å². The summed E-state index contributed by atoms with van der Waals surface area (Å²) in [6.45, 7) is 4.92. The zero-order chi connectivity index (χ0) is 23.9. The van der Waals surface area contributed by atoms with Crippen LogP contribution in [0.4, 0.5) is 19.1 Å². The Morgan fingerprint density at radius 3 is 2.36 bits per heavy atom. The van der Waals surface area contributed by atoms with E-state index >= 15 is 0 Å². The molecular weight excluding hydrogens is 433 g/mol. The maximum atomic E-state index is 14.6. The Morgan fingerprint density at radius 1 is 1.03 bits per heavy atom. The van der Waals surface area contributed by atoms with Gasteiger partial charge < -0.3 is 10.4 Å². The molecule has 0 aliphatic heterocycles. The Bertz CT molecular complexity index is 1410. The molecule has 2 aromatic carbocycles. The van der Waals surface area contributed by atoms with Crippen LogP contribution in [0.3, 0.4) is 0 Å². The molecule has 0 amide bonds. The summed E-state index contributed by atoms with van der Waals surface area (Å²) >= 11 is 0. The third-order valence-electron chi connectivity index (χ3n) is 5.03. The molecule has 0 unspecified atom stereocenters. The minimum atomic E-state index is -1.11. The van der Waals surface area contributed by atoms with Crippen molar-refractivity contribution in [3.63, 3.8) is 0 Å². The summed E-state index contributed by atoms with van der Waals surface area (Å²) in [6, 6.07) is 10.1. The molecule has 0 fully saturated rings. The van der Waals surface area contributed by atoms with Crippen LogP contribution in [0, 0.1) is 24.4 Å². The van der Waals surface area contributed by atoms with Crippen LogP contribution in [0.2, 0.25) is 0 Å². The normalized spacial score (nSPS) is 11.7. The Balaban J connectivity index is 2.08. The number of halogens is 3. The van der Waals surface area contributed by atoms with Crippen LogP contribution >= 0.6 is 0 Å². The third kappa shape index (κ3) is 4.45. The molecule has 0 saturated carbocycles. The number of aliphatic hydroxyl groups is 1. The molecule has 0 atom stereocenters. The predicted molar refractivity (Wildman–Crippen MR) is 120 cm³/mol.